The molecule has 2 saturated carbocycles. The predicted octanol–water partition coefficient (Wildman–Crippen LogP) is 6.38. The highest BCUT2D eigenvalue weighted by molar-refractivity contribution is 6.33. The van der Waals surface area contributed by atoms with Crippen LogP contribution in [0.2, 0.25) is 5.02 Å². The van der Waals surface area contributed by atoms with Crippen molar-refractivity contribution in [2.24, 2.45) is 27.5 Å². The number of nitrogens with zero attached hydrogens (tertiary/aromatic N) is 2. The maximum Gasteiger partial charge on any atom is 0.115 e. The van der Waals surface area contributed by atoms with E-state index in [4.69, 9.17) is 16.7 Å². The lowest BCUT2D eigenvalue weighted by atomic mass is 9.55. The summed E-state index contributed by atoms with van der Waals surface area (Å²) < 4.78 is 0. The molecule has 0 unspecified atom stereocenters. The number of hydrogen-bond donors (Lipinski definition) is 1. The standard InChI is InChI=1S/C25H27ClN2O/c1-25-13-12-20-19-9-7-18(29)14-16(19)6-8-21(20)22(25)10-11-24(25)28-27-15-17-4-2-3-5-23(17)26/h2-5,7,9,14-15,20-22,29H,6,8,10-13H2,1H3/b27-15-,28-24-/t20-,21+,22+,25+/m1/s1. The SMILES string of the molecule is C[C@]12CC[C@@H]3c4ccc(O)cc4CC[C@@H]3[C@@H]1CC/C2=N/N=C\c1ccccc1Cl. The summed E-state index contributed by atoms with van der Waals surface area (Å²) in [7, 11) is 0. The minimum absolute atomic E-state index is 0.160. The molecule has 3 nitrogen and oxygen atoms in total. The molecule has 29 heavy (non-hydrogen) atoms. The molecule has 0 heterocycles. The van der Waals surface area contributed by atoms with E-state index in [0.29, 0.717) is 28.5 Å². The molecule has 4 heteroatoms. The molecule has 0 amide bonds. The summed E-state index contributed by atoms with van der Waals surface area (Å²) in [6.07, 6.45) is 8.70. The van der Waals surface area contributed by atoms with Crippen molar-refractivity contribution in [2.75, 3.05) is 0 Å². The van der Waals surface area contributed by atoms with Gasteiger partial charge >= 0.3 is 0 Å². The Morgan fingerprint density at radius 1 is 1.10 bits per heavy atom. The van der Waals surface area contributed by atoms with Crippen LogP contribution in [-0.2, 0) is 6.42 Å². The van der Waals surface area contributed by atoms with Gasteiger partial charge in [0.05, 0.1) is 6.21 Å². The van der Waals surface area contributed by atoms with Gasteiger partial charge in [-0.3, -0.25) is 0 Å². The first-order valence-corrected chi connectivity index (χ1v) is 11.1. The summed E-state index contributed by atoms with van der Waals surface area (Å²) >= 11 is 6.23. The van der Waals surface area contributed by atoms with E-state index in [1.54, 1.807) is 6.21 Å². The van der Waals surface area contributed by atoms with Gasteiger partial charge in [-0.05, 0) is 85.6 Å². The number of benzene rings is 2. The summed E-state index contributed by atoms with van der Waals surface area (Å²) in [5.41, 5.74) is 5.16. The molecule has 0 bridgehead atoms. The van der Waals surface area contributed by atoms with Gasteiger partial charge in [0.25, 0.3) is 0 Å². The van der Waals surface area contributed by atoms with Gasteiger partial charge in [0.1, 0.15) is 5.75 Å². The number of aromatic hydroxyl groups is 1. The van der Waals surface area contributed by atoms with Crippen LogP contribution in [0.5, 0.6) is 5.75 Å². The molecule has 2 aromatic carbocycles. The van der Waals surface area contributed by atoms with Crippen molar-refractivity contribution in [1.82, 2.24) is 0 Å². The van der Waals surface area contributed by atoms with Gasteiger partial charge in [-0.1, -0.05) is 42.8 Å². The summed E-state index contributed by atoms with van der Waals surface area (Å²) in [4.78, 5) is 0. The van der Waals surface area contributed by atoms with Gasteiger partial charge in [0.15, 0.2) is 0 Å². The first-order valence-electron chi connectivity index (χ1n) is 10.7. The zero-order chi connectivity index (χ0) is 20.0. The van der Waals surface area contributed by atoms with Gasteiger partial charge in [-0.25, -0.2) is 0 Å². The first kappa shape index (κ1) is 18.9. The molecule has 1 N–H and O–H groups in total. The van der Waals surface area contributed by atoms with E-state index < -0.39 is 0 Å². The van der Waals surface area contributed by atoms with E-state index in [1.807, 2.05) is 36.4 Å². The number of hydrogen-bond acceptors (Lipinski definition) is 3. The normalized spacial score (nSPS) is 32.2. The van der Waals surface area contributed by atoms with Crippen molar-refractivity contribution in [3.63, 3.8) is 0 Å². The Balaban J connectivity index is 1.39. The molecule has 0 radical (unpaired) electrons. The van der Waals surface area contributed by atoms with Crippen LogP contribution in [0.25, 0.3) is 0 Å². The van der Waals surface area contributed by atoms with Gasteiger partial charge < -0.3 is 5.11 Å². The Hall–Kier alpha value is -2.13. The van der Waals surface area contributed by atoms with E-state index in [2.05, 4.69) is 18.1 Å². The Morgan fingerprint density at radius 3 is 2.83 bits per heavy atom. The molecule has 2 aromatic rings. The second kappa shape index (κ2) is 7.28. The molecule has 5 rings (SSSR count). The first-order chi connectivity index (χ1) is 14.1. The Kier molecular flexibility index (Phi) is 4.74. The monoisotopic (exact) mass is 406 g/mol. The van der Waals surface area contributed by atoms with E-state index in [0.717, 1.165) is 18.4 Å². The fourth-order valence-corrected chi connectivity index (χ4v) is 6.45. The summed E-state index contributed by atoms with van der Waals surface area (Å²) in [5, 5.41) is 19.7. The van der Waals surface area contributed by atoms with Crippen LogP contribution in [-0.4, -0.2) is 17.0 Å². The van der Waals surface area contributed by atoms with Gasteiger partial charge in [-0.15, -0.1) is 0 Å². The number of rotatable bonds is 2. The molecule has 0 aromatic heterocycles. The number of phenolic OH excluding ortho intramolecular Hbond substituents is 1. The Labute approximate surface area is 177 Å². The topological polar surface area (TPSA) is 45.0 Å². The molecule has 4 atom stereocenters. The van der Waals surface area contributed by atoms with Crippen LogP contribution in [0.1, 0.15) is 61.6 Å². The summed E-state index contributed by atoms with van der Waals surface area (Å²) in [5.74, 6) is 2.42. The zero-order valence-corrected chi connectivity index (χ0v) is 17.6. The van der Waals surface area contributed by atoms with Crippen molar-refractivity contribution in [3.05, 3.63) is 64.2 Å². The molecule has 0 saturated heterocycles. The Morgan fingerprint density at radius 2 is 1.97 bits per heavy atom. The fraction of sp³-hybridized carbons (Fsp3) is 0.440. The second-order valence-electron chi connectivity index (χ2n) is 9.11. The average Bonchev–Trinajstić information content (AvgIpc) is 3.05. The molecule has 2 fully saturated rings. The van der Waals surface area contributed by atoms with Crippen LogP contribution in [0.4, 0.5) is 0 Å². The molecule has 3 aliphatic carbocycles. The van der Waals surface area contributed by atoms with Crippen LogP contribution < -0.4 is 0 Å². The lowest BCUT2D eigenvalue weighted by molar-refractivity contribution is 0.0955. The fourth-order valence-electron chi connectivity index (χ4n) is 6.26. The van der Waals surface area contributed by atoms with Crippen LogP contribution in [0.3, 0.4) is 0 Å². The van der Waals surface area contributed by atoms with Crippen molar-refractivity contribution in [1.29, 1.82) is 0 Å². The third-order valence-electron chi connectivity index (χ3n) is 7.73. The van der Waals surface area contributed by atoms with Crippen molar-refractivity contribution in [2.45, 2.75) is 51.4 Å². The number of phenols is 1. The number of halogens is 1. The highest BCUT2D eigenvalue weighted by atomic mass is 35.5. The predicted molar refractivity (Wildman–Crippen MR) is 119 cm³/mol. The molecule has 150 valence electrons. The maximum absolute atomic E-state index is 9.85. The largest absolute Gasteiger partial charge is 0.508 e. The van der Waals surface area contributed by atoms with Crippen molar-refractivity contribution in [3.8, 4) is 5.75 Å². The van der Waals surface area contributed by atoms with Gasteiger partial charge in [0, 0.05) is 21.7 Å². The van der Waals surface area contributed by atoms with Gasteiger partial charge in [-0.2, -0.15) is 10.2 Å². The quantitative estimate of drug-likeness (QED) is 0.456. The van der Waals surface area contributed by atoms with Crippen molar-refractivity contribution >= 4 is 23.5 Å². The average molecular weight is 407 g/mol. The van der Waals surface area contributed by atoms with Crippen LogP contribution in [0, 0.1) is 17.3 Å². The van der Waals surface area contributed by atoms with E-state index in [1.165, 1.54) is 42.5 Å². The summed E-state index contributed by atoms with van der Waals surface area (Å²) in [6, 6.07) is 13.7. The molecule has 3 aliphatic rings. The van der Waals surface area contributed by atoms with E-state index in [9.17, 15) is 5.11 Å². The third-order valence-corrected chi connectivity index (χ3v) is 8.08. The molecule has 0 spiro atoms. The van der Waals surface area contributed by atoms with E-state index in [-0.39, 0.29) is 5.41 Å². The van der Waals surface area contributed by atoms with Crippen molar-refractivity contribution < 1.29 is 5.11 Å². The molecule has 0 aliphatic heterocycles. The minimum atomic E-state index is 0.160. The Bertz CT molecular complexity index is 998. The number of fused-ring (bicyclic) bond motifs is 5. The lowest BCUT2D eigenvalue weighted by Gasteiger charge is -2.49. The molecular weight excluding hydrogens is 380 g/mol. The van der Waals surface area contributed by atoms with Crippen LogP contribution >= 0.6 is 11.6 Å². The zero-order valence-electron chi connectivity index (χ0n) is 16.8. The lowest BCUT2D eigenvalue weighted by Crippen LogP contribution is -2.42. The van der Waals surface area contributed by atoms with Crippen LogP contribution in [0.15, 0.2) is 52.7 Å². The maximum atomic E-state index is 9.85. The third kappa shape index (κ3) is 3.20. The second-order valence-corrected chi connectivity index (χ2v) is 9.51. The highest BCUT2D eigenvalue weighted by Gasteiger charge is 2.53. The summed E-state index contributed by atoms with van der Waals surface area (Å²) in [6.45, 7) is 2.41. The molecular formula is C25H27ClN2O. The number of aryl methyl sites for hydroxylation is 1. The van der Waals surface area contributed by atoms with E-state index >= 15 is 0 Å². The minimum Gasteiger partial charge on any atom is -0.508 e. The van der Waals surface area contributed by atoms with Gasteiger partial charge in [0.2, 0.25) is 0 Å². The highest BCUT2D eigenvalue weighted by Crippen LogP contribution is 2.60. The smallest absolute Gasteiger partial charge is 0.115 e.